The third-order valence-electron chi connectivity index (χ3n) is 3.69. The highest BCUT2D eigenvalue weighted by Gasteiger charge is 2.10. The number of para-hydroxylation sites is 1. The maximum Gasteiger partial charge on any atom is 0.336 e. The second-order valence-electron chi connectivity index (χ2n) is 5.40. The molecule has 3 N–H and O–H groups in total. The van der Waals surface area contributed by atoms with Crippen LogP contribution in [0.4, 0.5) is 5.69 Å². The minimum Gasteiger partial charge on any atom is -0.478 e. The van der Waals surface area contributed by atoms with Crippen LogP contribution in [-0.4, -0.2) is 11.1 Å². The number of anilines is 1. The Kier molecular flexibility index (Phi) is 4.89. The van der Waals surface area contributed by atoms with Crippen LogP contribution in [0.2, 0.25) is 0 Å². The maximum absolute atomic E-state index is 11.4. The Hall–Kier alpha value is -3.11. The van der Waals surface area contributed by atoms with E-state index in [0.717, 1.165) is 22.4 Å². The molecule has 24 heavy (non-hydrogen) atoms. The van der Waals surface area contributed by atoms with E-state index in [1.165, 1.54) is 0 Å². The van der Waals surface area contributed by atoms with Crippen molar-refractivity contribution in [3.63, 3.8) is 0 Å². The number of rotatable bonds is 6. The standard InChI is InChI=1S/C20H18N2O2/c23-20(24)19-12-5-4-11-18(19)16-8-6-7-15(13-16)14-21-22-17-9-2-1-3-10-17/h1-13,21-22H,14H2,(H,23,24). The van der Waals surface area contributed by atoms with Crippen molar-refractivity contribution in [3.05, 3.63) is 90.0 Å². The molecule has 0 saturated heterocycles. The summed E-state index contributed by atoms with van der Waals surface area (Å²) in [6, 6.07) is 24.8. The minimum atomic E-state index is -0.917. The van der Waals surface area contributed by atoms with Crippen LogP contribution >= 0.6 is 0 Å². The summed E-state index contributed by atoms with van der Waals surface area (Å²) in [6.07, 6.45) is 0. The van der Waals surface area contributed by atoms with E-state index in [2.05, 4.69) is 10.9 Å². The Balaban J connectivity index is 1.74. The Labute approximate surface area is 140 Å². The zero-order valence-electron chi connectivity index (χ0n) is 13.1. The summed E-state index contributed by atoms with van der Waals surface area (Å²) in [5, 5.41) is 9.34. The number of benzene rings is 3. The Morgan fingerprint density at radius 3 is 2.42 bits per heavy atom. The predicted molar refractivity (Wildman–Crippen MR) is 95.7 cm³/mol. The molecule has 3 rings (SSSR count). The number of carboxylic acid groups (broad SMARTS) is 1. The molecule has 3 aromatic rings. The first kappa shape index (κ1) is 15.8. The molecule has 0 aliphatic rings. The molecule has 0 heterocycles. The van der Waals surface area contributed by atoms with Crippen molar-refractivity contribution in [3.8, 4) is 11.1 Å². The average Bonchev–Trinajstić information content (AvgIpc) is 2.63. The Morgan fingerprint density at radius 2 is 1.62 bits per heavy atom. The number of carboxylic acids is 1. The van der Waals surface area contributed by atoms with Gasteiger partial charge in [0.25, 0.3) is 0 Å². The van der Waals surface area contributed by atoms with Crippen LogP contribution in [0.3, 0.4) is 0 Å². The quantitative estimate of drug-likeness (QED) is 0.597. The number of carbonyl (C=O) groups is 1. The predicted octanol–water partition coefficient (Wildman–Crippen LogP) is 4.17. The van der Waals surface area contributed by atoms with Gasteiger partial charge in [-0.05, 0) is 41.0 Å². The van der Waals surface area contributed by atoms with E-state index >= 15 is 0 Å². The van der Waals surface area contributed by atoms with Crippen molar-refractivity contribution in [2.75, 3.05) is 5.43 Å². The van der Waals surface area contributed by atoms with Gasteiger partial charge in [-0.3, -0.25) is 0 Å². The highest BCUT2D eigenvalue weighted by molar-refractivity contribution is 5.96. The van der Waals surface area contributed by atoms with E-state index in [0.29, 0.717) is 12.1 Å². The lowest BCUT2D eigenvalue weighted by molar-refractivity contribution is 0.0697. The van der Waals surface area contributed by atoms with Crippen LogP contribution in [0.5, 0.6) is 0 Å². The van der Waals surface area contributed by atoms with Gasteiger partial charge in [-0.15, -0.1) is 0 Å². The van der Waals surface area contributed by atoms with Gasteiger partial charge < -0.3 is 10.5 Å². The molecule has 0 aliphatic carbocycles. The third-order valence-corrected chi connectivity index (χ3v) is 3.69. The van der Waals surface area contributed by atoms with Crippen LogP contribution in [0.1, 0.15) is 15.9 Å². The van der Waals surface area contributed by atoms with Gasteiger partial charge in [0.1, 0.15) is 0 Å². The molecule has 0 fully saturated rings. The second kappa shape index (κ2) is 7.44. The molecule has 0 unspecified atom stereocenters. The molecule has 0 bridgehead atoms. The van der Waals surface area contributed by atoms with Crippen LogP contribution in [-0.2, 0) is 6.54 Å². The van der Waals surface area contributed by atoms with Crippen LogP contribution in [0.15, 0.2) is 78.9 Å². The molecule has 0 atom stereocenters. The molecule has 0 aliphatic heterocycles. The van der Waals surface area contributed by atoms with E-state index in [9.17, 15) is 9.90 Å². The largest absolute Gasteiger partial charge is 0.478 e. The number of aromatic carboxylic acids is 1. The topological polar surface area (TPSA) is 61.4 Å². The van der Waals surface area contributed by atoms with Gasteiger partial charge in [0.2, 0.25) is 0 Å². The molecular formula is C20H18N2O2. The highest BCUT2D eigenvalue weighted by atomic mass is 16.4. The average molecular weight is 318 g/mol. The fraction of sp³-hybridized carbons (Fsp3) is 0.0500. The Morgan fingerprint density at radius 1 is 0.875 bits per heavy atom. The fourth-order valence-corrected chi connectivity index (χ4v) is 2.54. The first-order valence-electron chi connectivity index (χ1n) is 7.69. The van der Waals surface area contributed by atoms with Crippen molar-refractivity contribution < 1.29 is 9.90 Å². The summed E-state index contributed by atoms with van der Waals surface area (Å²) in [7, 11) is 0. The van der Waals surface area contributed by atoms with Crippen LogP contribution in [0.25, 0.3) is 11.1 Å². The molecule has 4 nitrogen and oxygen atoms in total. The van der Waals surface area contributed by atoms with E-state index in [4.69, 9.17) is 0 Å². The van der Waals surface area contributed by atoms with Gasteiger partial charge in [-0.25, -0.2) is 10.2 Å². The summed E-state index contributed by atoms with van der Waals surface area (Å²) in [6.45, 7) is 0.623. The lowest BCUT2D eigenvalue weighted by atomic mass is 9.98. The SMILES string of the molecule is O=C(O)c1ccccc1-c1cccc(CNNc2ccccc2)c1. The number of hydrogen-bond acceptors (Lipinski definition) is 3. The number of hydrazine groups is 1. The van der Waals surface area contributed by atoms with Gasteiger partial charge >= 0.3 is 5.97 Å². The number of hydrogen-bond donors (Lipinski definition) is 3. The van der Waals surface area contributed by atoms with Crippen LogP contribution in [0, 0.1) is 0 Å². The molecule has 4 heteroatoms. The zero-order chi connectivity index (χ0) is 16.8. The Bertz CT molecular complexity index is 832. The third kappa shape index (κ3) is 3.80. The highest BCUT2D eigenvalue weighted by Crippen LogP contribution is 2.24. The summed E-state index contributed by atoms with van der Waals surface area (Å²) in [5.41, 5.74) is 10.3. The summed E-state index contributed by atoms with van der Waals surface area (Å²) in [5.74, 6) is -0.917. The molecule has 0 spiro atoms. The first-order valence-corrected chi connectivity index (χ1v) is 7.69. The van der Waals surface area contributed by atoms with Gasteiger partial charge in [0.15, 0.2) is 0 Å². The summed E-state index contributed by atoms with van der Waals surface area (Å²) >= 11 is 0. The number of nitrogens with one attached hydrogen (secondary N) is 2. The van der Waals surface area contributed by atoms with Crippen molar-refractivity contribution in [1.82, 2.24) is 5.43 Å². The van der Waals surface area contributed by atoms with Crippen molar-refractivity contribution in [1.29, 1.82) is 0 Å². The normalized spacial score (nSPS) is 10.3. The van der Waals surface area contributed by atoms with Gasteiger partial charge in [0, 0.05) is 12.2 Å². The molecule has 0 amide bonds. The van der Waals surface area contributed by atoms with Gasteiger partial charge in [0.05, 0.1) is 5.56 Å². The van der Waals surface area contributed by atoms with Crippen molar-refractivity contribution in [2.45, 2.75) is 6.54 Å². The molecule has 0 radical (unpaired) electrons. The molecular weight excluding hydrogens is 300 g/mol. The molecule has 3 aromatic carbocycles. The fourth-order valence-electron chi connectivity index (χ4n) is 2.54. The van der Waals surface area contributed by atoms with Gasteiger partial charge in [-0.1, -0.05) is 54.6 Å². The lowest BCUT2D eigenvalue weighted by Gasteiger charge is -2.11. The minimum absolute atomic E-state index is 0.310. The summed E-state index contributed by atoms with van der Waals surface area (Å²) < 4.78 is 0. The van der Waals surface area contributed by atoms with E-state index in [-0.39, 0.29) is 0 Å². The van der Waals surface area contributed by atoms with Crippen LogP contribution < -0.4 is 10.9 Å². The second-order valence-corrected chi connectivity index (χ2v) is 5.40. The summed E-state index contributed by atoms with van der Waals surface area (Å²) in [4.78, 5) is 11.4. The van der Waals surface area contributed by atoms with Crippen molar-refractivity contribution in [2.24, 2.45) is 0 Å². The van der Waals surface area contributed by atoms with Gasteiger partial charge in [-0.2, -0.15) is 0 Å². The monoisotopic (exact) mass is 318 g/mol. The zero-order valence-corrected chi connectivity index (χ0v) is 13.1. The smallest absolute Gasteiger partial charge is 0.336 e. The lowest BCUT2D eigenvalue weighted by Crippen LogP contribution is -2.20. The van der Waals surface area contributed by atoms with Crippen molar-refractivity contribution >= 4 is 11.7 Å². The van der Waals surface area contributed by atoms with E-state index < -0.39 is 5.97 Å². The van der Waals surface area contributed by atoms with E-state index in [1.54, 1.807) is 12.1 Å². The first-order chi connectivity index (χ1) is 11.7. The molecule has 0 saturated carbocycles. The molecule has 120 valence electrons. The van der Waals surface area contributed by atoms with E-state index in [1.807, 2.05) is 66.7 Å². The molecule has 0 aromatic heterocycles. The maximum atomic E-state index is 11.4.